The Kier molecular flexibility index (Phi) is 2.74. The lowest BCUT2D eigenvalue weighted by molar-refractivity contribution is 0.555. The predicted molar refractivity (Wildman–Crippen MR) is 60.7 cm³/mol. The van der Waals surface area contributed by atoms with Crippen molar-refractivity contribution >= 4 is 16.5 Å². The average Bonchev–Trinajstić information content (AvgIpc) is 2.86. The fourth-order valence-electron chi connectivity index (χ4n) is 1.44. The Morgan fingerprint density at radius 2 is 2.43 bits per heavy atom. The maximum atomic E-state index is 5.71. The summed E-state index contributed by atoms with van der Waals surface area (Å²) in [5.41, 5.74) is 7.27. The number of hydrogen-bond donors (Lipinski definition) is 2. The van der Waals surface area contributed by atoms with Crippen molar-refractivity contribution < 1.29 is 0 Å². The first-order chi connectivity index (χ1) is 6.78. The molecule has 0 bridgehead atoms. The summed E-state index contributed by atoms with van der Waals surface area (Å²) in [6, 6.07) is 0. The number of anilines is 1. The van der Waals surface area contributed by atoms with Crippen LogP contribution in [0.1, 0.15) is 25.5 Å². The van der Waals surface area contributed by atoms with Crippen molar-refractivity contribution in [2.24, 2.45) is 11.1 Å². The summed E-state index contributed by atoms with van der Waals surface area (Å²) in [6.07, 6.45) is 3.55. The van der Waals surface area contributed by atoms with Gasteiger partial charge >= 0.3 is 0 Å². The molecule has 1 fully saturated rings. The summed E-state index contributed by atoms with van der Waals surface area (Å²) in [5, 5.41) is 6.54. The lowest BCUT2D eigenvalue weighted by atomic mass is 10.1. The van der Waals surface area contributed by atoms with Crippen molar-refractivity contribution in [1.29, 1.82) is 0 Å². The number of rotatable bonds is 5. The molecule has 14 heavy (non-hydrogen) atoms. The molecule has 3 N–H and O–H groups in total. The molecular weight excluding hydrogens is 194 g/mol. The van der Waals surface area contributed by atoms with Gasteiger partial charge in [0.15, 0.2) is 5.13 Å². The number of nitrogens with two attached hydrogens (primary N) is 1. The zero-order valence-corrected chi connectivity index (χ0v) is 9.36. The minimum Gasteiger partial charge on any atom is -0.361 e. The van der Waals surface area contributed by atoms with E-state index in [1.165, 1.54) is 18.5 Å². The van der Waals surface area contributed by atoms with Gasteiger partial charge in [-0.15, -0.1) is 11.3 Å². The second kappa shape index (κ2) is 3.87. The third kappa shape index (κ3) is 2.07. The van der Waals surface area contributed by atoms with Gasteiger partial charge in [-0.05, 0) is 31.2 Å². The van der Waals surface area contributed by atoms with Gasteiger partial charge < -0.3 is 11.1 Å². The minimum absolute atomic E-state index is 0.387. The van der Waals surface area contributed by atoms with Gasteiger partial charge in [-0.2, -0.15) is 0 Å². The van der Waals surface area contributed by atoms with E-state index < -0.39 is 0 Å². The molecule has 1 aromatic heterocycles. The van der Waals surface area contributed by atoms with E-state index in [-0.39, 0.29) is 0 Å². The molecular formula is C10H17N3S. The van der Waals surface area contributed by atoms with E-state index in [0.717, 1.165) is 24.6 Å². The van der Waals surface area contributed by atoms with Crippen molar-refractivity contribution in [3.63, 3.8) is 0 Å². The van der Waals surface area contributed by atoms with Crippen molar-refractivity contribution in [2.45, 2.75) is 26.2 Å². The molecule has 0 unspecified atom stereocenters. The van der Waals surface area contributed by atoms with Crippen molar-refractivity contribution in [1.82, 2.24) is 4.98 Å². The molecule has 4 heteroatoms. The summed E-state index contributed by atoms with van der Waals surface area (Å²) >= 11 is 1.69. The van der Waals surface area contributed by atoms with Crippen LogP contribution in [0.15, 0.2) is 5.38 Å². The van der Waals surface area contributed by atoms with Crippen molar-refractivity contribution in [3.05, 3.63) is 11.1 Å². The summed E-state index contributed by atoms with van der Waals surface area (Å²) in [4.78, 5) is 4.46. The van der Waals surface area contributed by atoms with Gasteiger partial charge in [0.2, 0.25) is 0 Å². The predicted octanol–water partition coefficient (Wildman–Crippen LogP) is 1.86. The second-order valence-electron chi connectivity index (χ2n) is 4.06. The van der Waals surface area contributed by atoms with Gasteiger partial charge in [-0.1, -0.05) is 6.92 Å². The number of nitrogens with zero attached hydrogens (tertiary/aromatic N) is 1. The molecule has 1 heterocycles. The Bertz CT molecular complexity index is 304. The van der Waals surface area contributed by atoms with Gasteiger partial charge in [-0.3, -0.25) is 0 Å². The van der Waals surface area contributed by atoms with Crippen LogP contribution < -0.4 is 11.1 Å². The highest BCUT2D eigenvalue weighted by atomic mass is 32.1. The Balaban J connectivity index is 1.85. The molecule has 1 aliphatic carbocycles. The minimum atomic E-state index is 0.387. The lowest BCUT2D eigenvalue weighted by Gasteiger charge is -2.11. The molecule has 3 nitrogen and oxygen atoms in total. The number of aryl methyl sites for hydroxylation is 1. The monoisotopic (exact) mass is 211 g/mol. The topological polar surface area (TPSA) is 50.9 Å². The van der Waals surface area contributed by atoms with Crippen LogP contribution in [0.4, 0.5) is 5.13 Å². The third-order valence-corrected chi connectivity index (χ3v) is 3.77. The number of aromatic nitrogens is 1. The maximum absolute atomic E-state index is 5.71. The Labute approximate surface area is 88.7 Å². The highest BCUT2D eigenvalue weighted by Gasteiger charge is 2.40. The van der Waals surface area contributed by atoms with E-state index in [1.54, 1.807) is 11.3 Å². The summed E-state index contributed by atoms with van der Waals surface area (Å²) in [5.74, 6) is 0. The van der Waals surface area contributed by atoms with Crippen LogP contribution in [-0.2, 0) is 6.42 Å². The van der Waals surface area contributed by atoms with Gasteiger partial charge in [0, 0.05) is 11.9 Å². The first kappa shape index (κ1) is 9.93. The molecule has 1 aliphatic rings. The van der Waals surface area contributed by atoms with E-state index in [2.05, 4.69) is 22.6 Å². The largest absolute Gasteiger partial charge is 0.361 e. The molecule has 2 rings (SSSR count). The first-order valence-corrected chi connectivity index (χ1v) is 6.04. The van der Waals surface area contributed by atoms with Crippen LogP contribution in [0, 0.1) is 5.41 Å². The van der Waals surface area contributed by atoms with Crippen molar-refractivity contribution in [2.75, 3.05) is 18.4 Å². The van der Waals surface area contributed by atoms with E-state index in [0.29, 0.717) is 5.41 Å². The van der Waals surface area contributed by atoms with Crippen LogP contribution in [-0.4, -0.2) is 18.1 Å². The molecule has 1 aromatic rings. The van der Waals surface area contributed by atoms with Gasteiger partial charge in [0.25, 0.3) is 0 Å². The lowest BCUT2D eigenvalue weighted by Crippen LogP contribution is -2.24. The van der Waals surface area contributed by atoms with E-state index in [4.69, 9.17) is 5.73 Å². The molecule has 0 atom stereocenters. The Hall–Kier alpha value is -0.610. The van der Waals surface area contributed by atoms with Crippen LogP contribution in [0.2, 0.25) is 0 Å². The average molecular weight is 211 g/mol. The molecule has 0 aromatic carbocycles. The maximum Gasteiger partial charge on any atom is 0.182 e. The summed E-state index contributed by atoms with van der Waals surface area (Å²) in [6.45, 7) is 3.91. The molecule has 1 saturated carbocycles. The highest BCUT2D eigenvalue weighted by Crippen LogP contribution is 2.44. The molecule has 0 radical (unpaired) electrons. The van der Waals surface area contributed by atoms with Gasteiger partial charge in [0.05, 0.1) is 5.69 Å². The molecule has 0 spiro atoms. The van der Waals surface area contributed by atoms with Crippen LogP contribution in [0.5, 0.6) is 0 Å². The van der Waals surface area contributed by atoms with E-state index in [1.807, 2.05) is 0 Å². The normalized spacial score (nSPS) is 18.1. The zero-order valence-electron chi connectivity index (χ0n) is 8.55. The smallest absolute Gasteiger partial charge is 0.182 e. The SMILES string of the molecule is CCc1csc(NCC2(CN)CC2)n1. The van der Waals surface area contributed by atoms with Crippen molar-refractivity contribution in [3.8, 4) is 0 Å². The number of hydrogen-bond acceptors (Lipinski definition) is 4. The molecule has 78 valence electrons. The standard InChI is InChI=1S/C10H17N3S/c1-2-8-5-14-9(13-8)12-7-10(6-11)3-4-10/h5H,2-4,6-7,11H2,1H3,(H,12,13). The molecule has 0 aliphatic heterocycles. The van der Waals surface area contributed by atoms with Gasteiger partial charge in [-0.25, -0.2) is 4.98 Å². The second-order valence-corrected chi connectivity index (χ2v) is 4.91. The molecule has 0 amide bonds. The fraction of sp³-hybridized carbons (Fsp3) is 0.700. The number of nitrogens with one attached hydrogen (secondary N) is 1. The zero-order chi connectivity index (χ0) is 10.0. The Morgan fingerprint density at radius 3 is 2.93 bits per heavy atom. The molecule has 0 saturated heterocycles. The quantitative estimate of drug-likeness (QED) is 0.781. The summed E-state index contributed by atoms with van der Waals surface area (Å²) < 4.78 is 0. The van der Waals surface area contributed by atoms with E-state index in [9.17, 15) is 0 Å². The van der Waals surface area contributed by atoms with Crippen LogP contribution >= 0.6 is 11.3 Å². The first-order valence-electron chi connectivity index (χ1n) is 5.16. The third-order valence-electron chi connectivity index (χ3n) is 2.92. The highest BCUT2D eigenvalue weighted by molar-refractivity contribution is 7.13. The summed E-state index contributed by atoms with van der Waals surface area (Å²) in [7, 11) is 0. The number of thiazole rings is 1. The van der Waals surface area contributed by atoms with Crippen LogP contribution in [0.3, 0.4) is 0 Å². The van der Waals surface area contributed by atoms with Gasteiger partial charge in [0.1, 0.15) is 0 Å². The Morgan fingerprint density at radius 1 is 1.64 bits per heavy atom. The van der Waals surface area contributed by atoms with Crippen LogP contribution in [0.25, 0.3) is 0 Å². The van der Waals surface area contributed by atoms with E-state index >= 15 is 0 Å². The fourth-order valence-corrected chi connectivity index (χ4v) is 2.24.